The predicted octanol–water partition coefficient (Wildman–Crippen LogP) is 3.35. The summed E-state index contributed by atoms with van der Waals surface area (Å²) in [4.78, 5) is 22.0. The molecule has 0 fully saturated rings. The highest BCUT2D eigenvalue weighted by Gasteiger charge is 2.09. The molecule has 3 aromatic rings. The highest BCUT2D eigenvalue weighted by Crippen LogP contribution is 2.23. The van der Waals surface area contributed by atoms with Crippen molar-refractivity contribution in [1.82, 2.24) is 14.9 Å². The number of nitrogens with zero attached hydrogens (tertiary/aromatic N) is 3. The Kier molecular flexibility index (Phi) is 6.31. The van der Waals surface area contributed by atoms with E-state index in [1.807, 2.05) is 24.3 Å². The normalized spacial score (nSPS) is 11.0. The smallest absolute Gasteiger partial charge is 0.253 e. The fourth-order valence-corrected chi connectivity index (χ4v) is 3.28. The molecule has 0 atom stereocenters. The second kappa shape index (κ2) is 8.91. The number of carbonyl (C=O) groups is 1. The van der Waals surface area contributed by atoms with Crippen molar-refractivity contribution in [2.24, 2.45) is 0 Å². The van der Waals surface area contributed by atoms with Gasteiger partial charge >= 0.3 is 0 Å². The molecule has 8 nitrogen and oxygen atoms in total. The predicted molar refractivity (Wildman–Crippen MR) is 118 cm³/mol. The van der Waals surface area contributed by atoms with E-state index in [1.54, 1.807) is 51.6 Å². The van der Waals surface area contributed by atoms with Crippen LogP contribution in [-0.2, 0) is 10.0 Å². The standard InChI is InChI=1S/C21H23N5O3S/c1-4-30(28,29)25-19-11-18(13-22-14-19)24-20-10-9-17(12-23-20)15-5-7-16(8-6-15)21(27)26(2)3/h5-14,25H,4H2,1-3H3,(H,23,24). The fraction of sp³-hybridized carbons (Fsp3) is 0.190. The summed E-state index contributed by atoms with van der Waals surface area (Å²) < 4.78 is 25.9. The summed E-state index contributed by atoms with van der Waals surface area (Å²) in [5, 5.41) is 3.10. The van der Waals surface area contributed by atoms with E-state index in [1.165, 1.54) is 11.1 Å². The first-order valence-electron chi connectivity index (χ1n) is 9.28. The van der Waals surface area contributed by atoms with Crippen molar-refractivity contribution in [2.75, 3.05) is 29.9 Å². The SMILES string of the molecule is CCS(=O)(=O)Nc1cncc(Nc2ccc(-c3ccc(C(=O)N(C)C)cc3)cn2)c1. The Morgan fingerprint density at radius 2 is 1.63 bits per heavy atom. The van der Waals surface area contributed by atoms with Crippen LogP contribution in [0.4, 0.5) is 17.2 Å². The second-order valence-corrected chi connectivity index (χ2v) is 8.81. The van der Waals surface area contributed by atoms with Crippen LogP contribution in [0, 0.1) is 0 Å². The van der Waals surface area contributed by atoms with E-state index in [2.05, 4.69) is 20.0 Å². The number of amides is 1. The first-order valence-corrected chi connectivity index (χ1v) is 10.9. The number of carbonyl (C=O) groups excluding carboxylic acids is 1. The third-order valence-electron chi connectivity index (χ3n) is 4.30. The van der Waals surface area contributed by atoms with Crippen LogP contribution in [0.25, 0.3) is 11.1 Å². The molecule has 2 aromatic heterocycles. The first-order chi connectivity index (χ1) is 14.3. The number of rotatable bonds is 7. The Labute approximate surface area is 176 Å². The number of pyridine rings is 2. The van der Waals surface area contributed by atoms with Gasteiger partial charge in [-0.1, -0.05) is 12.1 Å². The molecule has 0 spiro atoms. The molecule has 1 aromatic carbocycles. The molecule has 0 radical (unpaired) electrons. The van der Waals surface area contributed by atoms with Gasteiger partial charge in [0, 0.05) is 31.4 Å². The molecular formula is C21H23N5O3S. The summed E-state index contributed by atoms with van der Waals surface area (Å²) >= 11 is 0. The van der Waals surface area contributed by atoms with Crippen LogP contribution in [0.15, 0.2) is 61.1 Å². The van der Waals surface area contributed by atoms with Gasteiger partial charge in [0.1, 0.15) is 5.82 Å². The molecule has 30 heavy (non-hydrogen) atoms. The number of benzene rings is 1. The Morgan fingerprint density at radius 1 is 0.967 bits per heavy atom. The first kappa shape index (κ1) is 21.3. The lowest BCUT2D eigenvalue weighted by Gasteiger charge is -2.11. The highest BCUT2D eigenvalue weighted by atomic mass is 32.2. The number of anilines is 3. The maximum atomic E-state index is 12.0. The van der Waals surface area contributed by atoms with Crippen molar-refractivity contribution >= 4 is 33.1 Å². The van der Waals surface area contributed by atoms with Gasteiger partial charge in [0.2, 0.25) is 10.0 Å². The zero-order valence-electron chi connectivity index (χ0n) is 17.0. The Balaban J connectivity index is 1.71. The van der Waals surface area contributed by atoms with Crippen molar-refractivity contribution in [2.45, 2.75) is 6.92 Å². The largest absolute Gasteiger partial charge is 0.345 e. The molecule has 3 rings (SSSR count). The zero-order valence-corrected chi connectivity index (χ0v) is 17.8. The van der Waals surface area contributed by atoms with Gasteiger partial charge in [-0.2, -0.15) is 0 Å². The quantitative estimate of drug-likeness (QED) is 0.602. The molecule has 156 valence electrons. The van der Waals surface area contributed by atoms with Crippen LogP contribution in [0.3, 0.4) is 0 Å². The van der Waals surface area contributed by atoms with E-state index in [0.717, 1.165) is 11.1 Å². The minimum absolute atomic E-state index is 0.0159. The van der Waals surface area contributed by atoms with Crippen LogP contribution >= 0.6 is 0 Å². The van der Waals surface area contributed by atoms with Crippen molar-refractivity contribution in [3.63, 3.8) is 0 Å². The molecule has 0 unspecified atom stereocenters. The number of hydrogen-bond donors (Lipinski definition) is 2. The number of hydrogen-bond acceptors (Lipinski definition) is 6. The Bertz CT molecular complexity index is 1130. The second-order valence-electron chi connectivity index (χ2n) is 6.80. The molecule has 0 aliphatic heterocycles. The topological polar surface area (TPSA) is 104 Å². The molecular weight excluding hydrogens is 402 g/mol. The van der Waals surface area contributed by atoms with Gasteiger partial charge in [0.25, 0.3) is 5.91 Å². The van der Waals surface area contributed by atoms with Gasteiger partial charge in [0.15, 0.2) is 0 Å². The van der Waals surface area contributed by atoms with E-state index >= 15 is 0 Å². The Hall–Kier alpha value is -3.46. The van der Waals surface area contributed by atoms with Crippen molar-refractivity contribution < 1.29 is 13.2 Å². The summed E-state index contributed by atoms with van der Waals surface area (Å²) in [6.45, 7) is 1.57. The summed E-state index contributed by atoms with van der Waals surface area (Å²) in [6, 6.07) is 12.7. The average Bonchev–Trinajstić information content (AvgIpc) is 2.74. The Morgan fingerprint density at radius 3 is 2.23 bits per heavy atom. The minimum atomic E-state index is -3.37. The van der Waals surface area contributed by atoms with Crippen LogP contribution in [0.5, 0.6) is 0 Å². The van der Waals surface area contributed by atoms with E-state index in [-0.39, 0.29) is 11.7 Å². The molecule has 2 heterocycles. The van der Waals surface area contributed by atoms with Crippen LogP contribution in [0.2, 0.25) is 0 Å². The monoisotopic (exact) mass is 425 g/mol. The van der Waals surface area contributed by atoms with Gasteiger partial charge in [-0.15, -0.1) is 0 Å². The van der Waals surface area contributed by atoms with E-state index in [4.69, 9.17) is 0 Å². The van der Waals surface area contributed by atoms with Gasteiger partial charge < -0.3 is 10.2 Å². The number of nitrogens with one attached hydrogen (secondary N) is 2. The van der Waals surface area contributed by atoms with E-state index < -0.39 is 10.0 Å². The lowest BCUT2D eigenvalue weighted by atomic mass is 10.1. The van der Waals surface area contributed by atoms with E-state index in [0.29, 0.717) is 22.8 Å². The summed E-state index contributed by atoms with van der Waals surface area (Å²) in [7, 11) is 0.0674. The fourth-order valence-electron chi connectivity index (χ4n) is 2.67. The average molecular weight is 426 g/mol. The molecule has 2 N–H and O–H groups in total. The lowest BCUT2D eigenvalue weighted by Crippen LogP contribution is -2.21. The molecule has 9 heteroatoms. The summed E-state index contributed by atoms with van der Waals surface area (Å²) in [6.07, 6.45) is 4.75. The lowest BCUT2D eigenvalue weighted by molar-refractivity contribution is 0.0827. The maximum absolute atomic E-state index is 12.0. The molecule has 0 aliphatic carbocycles. The molecule has 1 amide bonds. The van der Waals surface area contributed by atoms with Gasteiger partial charge in [-0.05, 0) is 42.8 Å². The van der Waals surface area contributed by atoms with Crippen LogP contribution in [0.1, 0.15) is 17.3 Å². The summed E-state index contributed by atoms with van der Waals surface area (Å²) in [5.74, 6) is 0.532. The number of aromatic nitrogens is 2. The maximum Gasteiger partial charge on any atom is 0.253 e. The molecule has 0 aliphatic rings. The number of sulfonamides is 1. The molecule has 0 saturated carbocycles. The molecule has 0 saturated heterocycles. The summed E-state index contributed by atoms with van der Waals surface area (Å²) in [5.41, 5.74) is 3.47. The van der Waals surface area contributed by atoms with Gasteiger partial charge in [-0.25, -0.2) is 13.4 Å². The van der Waals surface area contributed by atoms with Gasteiger partial charge in [-0.3, -0.25) is 14.5 Å². The molecule has 0 bridgehead atoms. The van der Waals surface area contributed by atoms with Crippen molar-refractivity contribution in [3.05, 3.63) is 66.6 Å². The van der Waals surface area contributed by atoms with Crippen LogP contribution < -0.4 is 10.0 Å². The third-order valence-corrected chi connectivity index (χ3v) is 5.61. The highest BCUT2D eigenvalue weighted by molar-refractivity contribution is 7.92. The zero-order chi connectivity index (χ0) is 21.7. The van der Waals surface area contributed by atoms with Crippen LogP contribution in [-0.4, -0.2) is 49.0 Å². The van der Waals surface area contributed by atoms with E-state index in [9.17, 15) is 13.2 Å². The van der Waals surface area contributed by atoms with Crippen molar-refractivity contribution in [3.8, 4) is 11.1 Å². The van der Waals surface area contributed by atoms with Crippen molar-refractivity contribution in [1.29, 1.82) is 0 Å². The minimum Gasteiger partial charge on any atom is -0.345 e. The van der Waals surface area contributed by atoms with Gasteiger partial charge in [0.05, 0.1) is 29.5 Å². The third kappa shape index (κ3) is 5.32.